The topological polar surface area (TPSA) is 35.5 Å². The molecule has 0 saturated heterocycles. The molecule has 0 amide bonds. The van der Waals surface area contributed by atoms with Crippen LogP contribution in [0, 0.1) is 13.8 Å². The third-order valence-corrected chi connectivity index (χ3v) is 2.41. The van der Waals surface area contributed by atoms with Gasteiger partial charge in [-0.2, -0.15) is 0 Å². The molecule has 0 N–H and O–H groups in total. The Morgan fingerprint density at radius 1 is 1.31 bits per heavy atom. The minimum atomic E-state index is -0.568. The van der Waals surface area contributed by atoms with Crippen molar-refractivity contribution in [3.8, 4) is 5.75 Å². The molecule has 3 nitrogen and oxygen atoms in total. The van der Waals surface area contributed by atoms with E-state index in [9.17, 15) is 4.79 Å². The zero-order chi connectivity index (χ0) is 12.1. The highest BCUT2D eigenvalue weighted by Crippen LogP contribution is 2.17. The molecule has 1 atom stereocenters. The fraction of sp³-hybridized carbons (Fsp3) is 0.462. The highest BCUT2D eigenvalue weighted by Gasteiger charge is 2.15. The van der Waals surface area contributed by atoms with Crippen LogP contribution in [0.1, 0.15) is 25.0 Å². The van der Waals surface area contributed by atoms with Gasteiger partial charge >= 0.3 is 5.97 Å². The lowest BCUT2D eigenvalue weighted by molar-refractivity contribution is -0.150. The standard InChI is InChI=1S/C13H18O3/c1-5-15-13(14)11(4)16-12-7-6-9(2)10(3)8-12/h6-8,11H,5H2,1-4H3. The Kier molecular flexibility index (Phi) is 4.35. The smallest absolute Gasteiger partial charge is 0.347 e. The summed E-state index contributed by atoms with van der Waals surface area (Å²) in [7, 11) is 0. The first-order valence-corrected chi connectivity index (χ1v) is 5.45. The zero-order valence-electron chi connectivity index (χ0n) is 10.2. The number of ether oxygens (including phenoxy) is 2. The molecule has 1 aromatic rings. The molecule has 0 heterocycles. The highest BCUT2D eigenvalue weighted by atomic mass is 16.6. The molecule has 0 bridgehead atoms. The fourth-order valence-corrected chi connectivity index (χ4v) is 1.30. The zero-order valence-corrected chi connectivity index (χ0v) is 10.2. The Morgan fingerprint density at radius 2 is 2.00 bits per heavy atom. The van der Waals surface area contributed by atoms with Crippen molar-refractivity contribution < 1.29 is 14.3 Å². The quantitative estimate of drug-likeness (QED) is 0.735. The van der Waals surface area contributed by atoms with Gasteiger partial charge in [0.05, 0.1) is 6.61 Å². The van der Waals surface area contributed by atoms with E-state index in [0.29, 0.717) is 12.4 Å². The monoisotopic (exact) mass is 222 g/mol. The van der Waals surface area contributed by atoms with E-state index in [2.05, 4.69) is 0 Å². The van der Waals surface area contributed by atoms with Gasteiger partial charge in [-0.25, -0.2) is 4.79 Å². The second kappa shape index (κ2) is 5.54. The number of rotatable bonds is 4. The number of carbonyl (C=O) groups is 1. The lowest BCUT2D eigenvalue weighted by Gasteiger charge is -2.14. The van der Waals surface area contributed by atoms with E-state index < -0.39 is 6.10 Å². The van der Waals surface area contributed by atoms with Crippen LogP contribution in [-0.2, 0) is 9.53 Å². The fourth-order valence-electron chi connectivity index (χ4n) is 1.30. The van der Waals surface area contributed by atoms with E-state index in [-0.39, 0.29) is 5.97 Å². The maximum Gasteiger partial charge on any atom is 0.347 e. The molecule has 0 aliphatic carbocycles. The summed E-state index contributed by atoms with van der Waals surface area (Å²) in [5.74, 6) is 0.365. The van der Waals surface area contributed by atoms with Gasteiger partial charge in [0.2, 0.25) is 0 Å². The Morgan fingerprint density at radius 3 is 2.56 bits per heavy atom. The summed E-state index contributed by atoms with van der Waals surface area (Å²) >= 11 is 0. The van der Waals surface area contributed by atoms with E-state index >= 15 is 0 Å². The predicted molar refractivity (Wildman–Crippen MR) is 62.6 cm³/mol. The van der Waals surface area contributed by atoms with Crippen molar-refractivity contribution in [2.75, 3.05) is 6.61 Å². The first-order chi connectivity index (χ1) is 7.54. The number of hydrogen-bond acceptors (Lipinski definition) is 3. The normalized spacial score (nSPS) is 12.0. The third kappa shape index (κ3) is 3.26. The van der Waals surface area contributed by atoms with Gasteiger partial charge in [0.15, 0.2) is 6.10 Å². The van der Waals surface area contributed by atoms with Gasteiger partial charge in [0.25, 0.3) is 0 Å². The summed E-state index contributed by atoms with van der Waals surface area (Å²) in [6.45, 7) is 7.89. The Hall–Kier alpha value is -1.51. The summed E-state index contributed by atoms with van der Waals surface area (Å²) < 4.78 is 10.4. The van der Waals surface area contributed by atoms with Crippen LogP contribution >= 0.6 is 0 Å². The molecular formula is C13H18O3. The van der Waals surface area contributed by atoms with E-state index in [1.165, 1.54) is 5.56 Å². The predicted octanol–water partition coefficient (Wildman–Crippen LogP) is 2.63. The molecule has 16 heavy (non-hydrogen) atoms. The maximum atomic E-state index is 11.4. The molecule has 1 unspecified atom stereocenters. The molecule has 88 valence electrons. The SMILES string of the molecule is CCOC(=O)C(C)Oc1ccc(C)c(C)c1. The first-order valence-electron chi connectivity index (χ1n) is 5.45. The lowest BCUT2D eigenvalue weighted by Crippen LogP contribution is -2.26. The summed E-state index contributed by atoms with van der Waals surface area (Å²) in [6.07, 6.45) is -0.568. The number of benzene rings is 1. The Bertz CT molecular complexity index is 371. The van der Waals surface area contributed by atoms with Crippen LogP contribution in [0.5, 0.6) is 5.75 Å². The molecule has 0 aliphatic rings. The van der Waals surface area contributed by atoms with Crippen LogP contribution < -0.4 is 4.74 Å². The second-order valence-corrected chi connectivity index (χ2v) is 3.76. The Labute approximate surface area is 96.4 Å². The molecule has 0 radical (unpaired) electrons. The minimum Gasteiger partial charge on any atom is -0.479 e. The van der Waals surface area contributed by atoms with Crippen molar-refractivity contribution >= 4 is 5.97 Å². The van der Waals surface area contributed by atoms with Gasteiger partial charge in [0, 0.05) is 0 Å². The second-order valence-electron chi connectivity index (χ2n) is 3.76. The van der Waals surface area contributed by atoms with Crippen molar-refractivity contribution in [3.63, 3.8) is 0 Å². The number of aryl methyl sites for hydroxylation is 2. The summed E-state index contributed by atoms with van der Waals surface area (Å²) in [5, 5.41) is 0. The van der Waals surface area contributed by atoms with E-state index in [1.807, 2.05) is 32.0 Å². The molecule has 0 aliphatic heterocycles. The van der Waals surface area contributed by atoms with E-state index in [1.54, 1.807) is 13.8 Å². The van der Waals surface area contributed by atoms with E-state index in [4.69, 9.17) is 9.47 Å². The average Bonchev–Trinajstić information content (AvgIpc) is 2.24. The van der Waals surface area contributed by atoms with Crippen molar-refractivity contribution in [3.05, 3.63) is 29.3 Å². The van der Waals surface area contributed by atoms with Crippen molar-refractivity contribution in [2.45, 2.75) is 33.8 Å². The highest BCUT2D eigenvalue weighted by molar-refractivity contribution is 5.74. The van der Waals surface area contributed by atoms with Crippen LogP contribution in [0.3, 0.4) is 0 Å². The van der Waals surface area contributed by atoms with Crippen LogP contribution in [0.25, 0.3) is 0 Å². The van der Waals surface area contributed by atoms with Gasteiger partial charge in [-0.1, -0.05) is 6.07 Å². The molecule has 1 aromatic carbocycles. The molecule has 0 spiro atoms. The summed E-state index contributed by atoms with van der Waals surface area (Å²) in [4.78, 5) is 11.4. The van der Waals surface area contributed by atoms with Crippen LogP contribution in [0.2, 0.25) is 0 Å². The molecule has 0 fully saturated rings. The maximum absolute atomic E-state index is 11.4. The molecular weight excluding hydrogens is 204 g/mol. The van der Waals surface area contributed by atoms with Gasteiger partial charge in [-0.3, -0.25) is 0 Å². The van der Waals surface area contributed by atoms with E-state index in [0.717, 1.165) is 5.56 Å². The van der Waals surface area contributed by atoms with Gasteiger partial charge in [-0.15, -0.1) is 0 Å². The largest absolute Gasteiger partial charge is 0.479 e. The molecule has 0 saturated carbocycles. The molecule has 1 rings (SSSR count). The average molecular weight is 222 g/mol. The van der Waals surface area contributed by atoms with Crippen molar-refractivity contribution in [1.29, 1.82) is 0 Å². The first kappa shape index (κ1) is 12.6. The van der Waals surface area contributed by atoms with Crippen molar-refractivity contribution in [2.24, 2.45) is 0 Å². The van der Waals surface area contributed by atoms with Gasteiger partial charge < -0.3 is 9.47 Å². The van der Waals surface area contributed by atoms with Crippen molar-refractivity contribution in [1.82, 2.24) is 0 Å². The van der Waals surface area contributed by atoms with Crippen LogP contribution in [-0.4, -0.2) is 18.7 Å². The van der Waals surface area contributed by atoms with Gasteiger partial charge in [0.1, 0.15) is 5.75 Å². The summed E-state index contributed by atoms with van der Waals surface area (Å²) in [6, 6.07) is 5.76. The minimum absolute atomic E-state index is 0.333. The summed E-state index contributed by atoms with van der Waals surface area (Å²) in [5.41, 5.74) is 2.35. The molecule has 3 heteroatoms. The number of carbonyl (C=O) groups excluding carboxylic acids is 1. The van der Waals surface area contributed by atoms with Gasteiger partial charge in [-0.05, 0) is 51.0 Å². The number of hydrogen-bond donors (Lipinski definition) is 0. The van der Waals surface area contributed by atoms with Crippen LogP contribution in [0.4, 0.5) is 0 Å². The third-order valence-electron chi connectivity index (χ3n) is 2.41. The number of esters is 1. The Balaban J connectivity index is 2.66. The molecule has 0 aromatic heterocycles. The van der Waals surface area contributed by atoms with Crippen LogP contribution in [0.15, 0.2) is 18.2 Å². The lowest BCUT2D eigenvalue weighted by atomic mass is 10.1.